The normalized spacial score (nSPS) is 10.1. The van der Waals surface area contributed by atoms with Gasteiger partial charge in [-0.1, -0.05) is 31.5 Å². The zero-order valence-corrected chi connectivity index (χ0v) is 17.4. The Labute approximate surface area is 164 Å². The Morgan fingerprint density at radius 1 is 1.26 bits per heavy atom. The number of carbonyl (C=O) groups is 1. The van der Waals surface area contributed by atoms with Crippen LogP contribution in [-0.4, -0.2) is 27.0 Å². The summed E-state index contributed by atoms with van der Waals surface area (Å²) in [5.74, 6) is -0.137. The minimum absolute atomic E-state index is 0.137. The van der Waals surface area contributed by atoms with Gasteiger partial charge in [0.2, 0.25) is 0 Å². The van der Waals surface area contributed by atoms with Gasteiger partial charge in [0, 0.05) is 30.9 Å². The predicted octanol–water partition coefficient (Wildman–Crippen LogP) is 4.49. The summed E-state index contributed by atoms with van der Waals surface area (Å²) < 4.78 is 1.77. The van der Waals surface area contributed by atoms with Gasteiger partial charge < -0.3 is 14.8 Å². The van der Waals surface area contributed by atoms with Crippen molar-refractivity contribution in [3.63, 3.8) is 0 Å². The van der Waals surface area contributed by atoms with Gasteiger partial charge >= 0.3 is 0 Å². The van der Waals surface area contributed by atoms with Crippen LogP contribution in [0.15, 0.2) is 42.2 Å². The van der Waals surface area contributed by atoms with Crippen molar-refractivity contribution in [3.8, 4) is 0 Å². The first-order valence-electron chi connectivity index (χ1n) is 9.11. The fourth-order valence-electron chi connectivity index (χ4n) is 2.44. The first kappa shape index (κ1) is 20.6. The second-order valence-electron chi connectivity index (χ2n) is 5.83. The van der Waals surface area contributed by atoms with Crippen LogP contribution >= 0.6 is 11.3 Å². The minimum Gasteiger partial charge on any atom is -0.362 e. The maximum atomic E-state index is 13.0. The zero-order chi connectivity index (χ0) is 19.8. The van der Waals surface area contributed by atoms with Gasteiger partial charge in [0.15, 0.2) is 5.13 Å². The molecule has 3 aromatic rings. The van der Waals surface area contributed by atoms with Crippen LogP contribution in [0.25, 0.3) is 0 Å². The topological polar surface area (TPSA) is 63.1 Å². The van der Waals surface area contributed by atoms with Gasteiger partial charge in [-0.3, -0.25) is 4.79 Å². The summed E-state index contributed by atoms with van der Waals surface area (Å²) in [6.45, 7) is 9.28. The molecule has 0 aliphatic rings. The molecule has 0 atom stereocenters. The summed E-state index contributed by atoms with van der Waals surface area (Å²) in [6.07, 6.45) is 3.36. The molecule has 7 heteroatoms. The van der Waals surface area contributed by atoms with E-state index in [0.29, 0.717) is 12.2 Å². The highest BCUT2D eigenvalue weighted by Gasteiger charge is 2.21. The van der Waals surface area contributed by atoms with Gasteiger partial charge in [0.1, 0.15) is 5.69 Å². The molecule has 0 saturated heterocycles. The van der Waals surface area contributed by atoms with E-state index in [-0.39, 0.29) is 5.91 Å². The summed E-state index contributed by atoms with van der Waals surface area (Å²) in [7, 11) is 1.85. The molecule has 0 fully saturated rings. The highest BCUT2D eigenvalue weighted by Crippen LogP contribution is 2.23. The molecular weight excluding hydrogens is 358 g/mol. The van der Waals surface area contributed by atoms with E-state index in [4.69, 9.17) is 0 Å². The fourth-order valence-corrected chi connectivity index (χ4v) is 3.21. The van der Waals surface area contributed by atoms with Gasteiger partial charge in [-0.25, -0.2) is 9.97 Å². The lowest BCUT2D eigenvalue weighted by molar-refractivity contribution is 0.0980. The Balaban J connectivity index is 0.00000126. The van der Waals surface area contributed by atoms with Gasteiger partial charge in [0.05, 0.1) is 18.6 Å². The third kappa shape index (κ3) is 5.40. The third-order valence-electron chi connectivity index (χ3n) is 3.71. The van der Waals surface area contributed by atoms with Crippen molar-refractivity contribution in [1.29, 1.82) is 0 Å². The molecule has 0 bridgehead atoms. The van der Waals surface area contributed by atoms with Crippen LogP contribution in [0.4, 0.5) is 10.8 Å². The number of benzene rings is 1. The summed E-state index contributed by atoms with van der Waals surface area (Å²) in [5, 5.41) is 6.05. The molecule has 2 aromatic heterocycles. The largest absolute Gasteiger partial charge is 0.362 e. The van der Waals surface area contributed by atoms with Crippen molar-refractivity contribution in [1.82, 2.24) is 14.5 Å². The maximum absolute atomic E-state index is 13.0. The molecule has 0 saturated carbocycles. The Morgan fingerprint density at radius 3 is 2.56 bits per heavy atom. The molecule has 1 N–H and O–H groups in total. The van der Waals surface area contributed by atoms with Crippen molar-refractivity contribution in [3.05, 3.63) is 59.1 Å². The second-order valence-corrected chi connectivity index (χ2v) is 6.68. The molecule has 0 aliphatic heterocycles. The molecule has 6 nitrogen and oxygen atoms in total. The van der Waals surface area contributed by atoms with Crippen LogP contribution < -0.4 is 10.2 Å². The molecular formula is C20H27N5OS. The number of thiazole rings is 1. The number of rotatable bonds is 6. The van der Waals surface area contributed by atoms with Gasteiger partial charge in [-0.15, -0.1) is 11.3 Å². The number of carbonyl (C=O) groups excluding carboxylic acids is 1. The van der Waals surface area contributed by atoms with E-state index in [1.807, 2.05) is 64.4 Å². The SMILES string of the molecule is CC.CCNc1nc(CN(C(=O)c2cn(C)cn2)c2ccc(C)cc2)cs1. The van der Waals surface area contributed by atoms with Crippen molar-refractivity contribution in [2.24, 2.45) is 7.05 Å². The molecule has 2 heterocycles. The number of nitrogens with one attached hydrogen (secondary N) is 1. The van der Waals surface area contributed by atoms with E-state index in [0.717, 1.165) is 28.6 Å². The lowest BCUT2D eigenvalue weighted by Gasteiger charge is -2.21. The lowest BCUT2D eigenvalue weighted by Crippen LogP contribution is -2.30. The monoisotopic (exact) mass is 385 g/mol. The van der Waals surface area contributed by atoms with Crippen LogP contribution in [0.5, 0.6) is 0 Å². The van der Waals surface area contributed by atoms with E-state index in [9.17, 15) is 4.79 Å². The van der Waals surface area contributed by atoms with Crippen LogP contribution in [0.3, 0.4) is 0 Å². The molecule has 0 aliphatic carbocycles. The summed E-state index contributed by atoms with van der Waals surface area (Å²) in [4.78, 5) is 23.5. The predicted molar refractivity (Wildman–Crippen MR) is 113 cm³/mol. The molecule has 3 rings (SSSR count). The van der Waals surface area contributed by atoms with Gasteiger partial charge in [0.25, 0.3) is 5.91 Å². The standard InChI is InChI=1S/C18H21N5OS.C2H6/c1-4-19-18-21-14(11-25-18)9-23(15-7-5-13(2)6-8-15)17(24)16-10-22(3)12-20-16;1-2/h5-8,10-12H,4,9H2,1-3H3,(H,19,21);1-2H3. The van der Waals surface area contributed by atoms with Crippen LogP contribution in [0, 0.1) is 6.92 Å². The Hall–Kier alpha value is -2.67. The second kappa shape index (κ2) is 9.87. The third-order valence-corrected chi connectivity index (χ3v) is 4.56. The number of aromatic nitrogens is 3. The first-order chi connectivity index (χ1) is 13.1. The number of amides is 1. The van der Waals surface area contributed by atoms with E-state index >= 15 is 0 Å². The number of imidazole rings is 1. The van der Waals surface area contributed by atoms with E-state index < -0.39 is 0 Å². The number of hydrogen-bond acceptors (Lipinski definition) is 5. The number of nitrogens with zero attached hydrogens (tertiary/aromatic N) is 4. The van der Waals surface area contributed by atoms with Gasteiger partial charge in [-0.05, 0) is 26.0 Å². The number of anilines is 2. The molecule has 144 valence electrons. The number of hydrogen-bond donors (Lipinski definition) is 1. The van der Waals surface area contributed by atoms with Gasteiger partial charge in [-0.2, -0.15) is 0 Å². The molecule has 1 amide bonds. The zero-order valence-electron chi connectivity index (χ0n) is 16.6. The van der Waals surface area contributed by atoms with Crippen molar-refractivity contribution in [2.75, 3.05) is 16.8 Å². The van der Waals surface area contributed by atoms with E-state index in [1.165, 1.54) is 0 Å². The Bertz CT molecular complexity index is 853. The first-order valence-corrected chi connectivity index (χ1v) is 9.99. The number of aryl methyl sites for hydroxylation is 2. The van der Waals surface area contributed by atoms with Crippen LogP contribution in [0.2, 0.25) is 0 Å². The summed E-state index contributed by atoms with van der Waals surface area (Å²) in [6, 6.07) is 7.90. The Kier molecular flexibility index (Phi) is 7.55. The lowest BCUT2D eigenvalue weighted by atomic mass is 10.2. The minimum atomic E-state index is -0.137. The van der Waals surface area contributed by atoms with E-state index in [2.05, 4.69) is 15.3 Å². The van der Waals surface area contributed by atoms with Crippen molar-refractivity contribution < 1.29 is 4.79 Å². The fraction of sp³-hybridized carbons (Fsp3) is 0.350. The smallest absolute Gasteiger partial charge is 0.278 e. The quantitative estimate of drug-likeness (QED) is 0.679. The summed E-state index contributed by atoms with van der Waals surface area (Å²) in [5.41, 5.74) is 3.26. The average molecular weight is 386 g/mol. The highest BCUT2D eigenvalue weighted by atomic mass is 32.1. The average Bonchev–Trinajstić information content (AvgIpc) is 3.31. The van der Waals surface area contributed by atoms with E-state index in [1.54, 1.807) is 33.3 Å². The molecule has 0 radical (unpaired) electrons. The Morgan fingerprint density at radius 2 is 1.96 bits per heavy atom. The molecule has 1 aromatic carbocycles. The van der Waals surface area contributed by atoms with Crippen LogP contribution in [-0.2, 0) is 13.6 Å². The molecule has 0 unspecified atom stereocenters. The highest BCUT2D eigenvalue weighted by molar-refractivity contribution is 7.13. The molecule has 0 spiro atoms. The molecule has 27 heavy (non-hydrogen) atoms. The van der Waals surface area contributed by atoms with Crippen LogP contribution in [0.1, 0.15) is 42.5 Å². The summed E-state index contributed by atoms with van der Waals surface area (Å²) >= 11 is 1.55. The van der Waals surface area contributed by atoms with Crippen molar-refractivity contribution >= 4 is 28.1 Å². The maximum Gasteiger partial charge on any atom is 0.278 e. The van der Waals surface area contributed by atoms with Crippen molar-refractivity contribution in [2.45, 2.75) is 34.2 Å².